The molecule has 2 atom stereocenters. The summed E-state index contributed by atoms with van der Waals surface area (Å²) < 4.78 is 38.9. The maximum absolute atomic E-state index is 13.3. The summed E-state index contributed by atoms with van der Waals surface area (Å²) in [6.07, 6.45) is -2.85. The van der Waals surface area contributed by atoms with E-state index in [1.165, 1.54) is 28.8 Å². The molecule has 0 radical (unpaired) electrons. The number of hydrogen-bond acceptors (Lipinski definition) is 4. The third kappa shape index (κ3) is 4.82. The van der Waals surface area contributed by atoms with Crippen LogP contribution in [0.25, 0.3) is 0 Å². The molecule has 1 saturated heterocycles. The van der Waals surface area contributed by atoms with Crippen molar-refractivity contribution in [1.82, 2.24) is 9.80 Å². The molecule has 1 N–H and O–H groups in total. The number of aryl methyl sites for hydroxylation is 2. The van der Waals surface area contributed by atoms with Crippen molar-refractivity contribution in [2.24, 2.45) is 0 Å². The Morgan fingerprint density at radius 3 is 2.56 bits per heavy atom. The minimum Gasteiger partial charge on any atom is -0.325 e. The van der Waals surface area contributed by atoms with Crippen LogP contribution in [-0.4, -0.2) is 45.5 Å². The van der Waals surface area contributed by atoms with E-state index in [1.807, 2.05) is 32.0 Å². The molecular formula is C24H22F3N3O3S. The van der Waals surface area contributed by atoms with Crippen LogP contribution in [0, 0.1) is 13.8 Å². The summed E-state index contributed by atoms with van der Waals surface area (Å²) in [6.45, 7) is 3.56. The third-order valence-electron chi connectivity index (χ3n) is 5.86. The summed E-state index contributed by atoms with van der Waals surface area (Å²) in [5.74, 6) is -0.991. The third-order valence-corrected chi connectivity index (χ3v) is 6.94. The zero-order valence-corrected chi connectivity index (χ0v) is 19.2. The molecule has 2 aliphatic heterocycles. The lowest BCUT2D eigenvalue weighted by molar-refractivity contribution is -0.137. The Morgan fingerprint density at radius 2 is 1.85 bits per heavy atom. The van der Waals surface area contributed by atoms with Crippen molar-refractivity contribution in [3.05, 3.63) is 76.2 Å². The predicted molar refractivity (Wildman–Crippen MR) is 123 cm³/mol. The molecule has 0 saturated carbocycles. The molecule has 0 aromatic heterocycles. The van der Waals surface area contributed by atoms with Gasteiger partial charge in [-0.3, -0.25) is 14.5 Å². The maximum atomic E-state index is 13.3. The highest BCUT2D eigenvalue weighted by molar-refractivity contribution is 8.03. The van der Waals surface area contributed by atoms with Gasteiger partial charge in [0.05, 0.1) is 18.2 Å². The lowest BCUT2D eigenvalue weighted by atomic mass is 10.0. The number of amides is 4. The molecule has 2 heterocycles. The van der Waals surface area contributed by atoms with Gasteiger partial charge in [0, 0.05) is 5.69 Å². The van der Waals surface area contributed by atoms with Crippen molar-refractivity contribution in [2.75, 3.05) is 11.9 Å². The first-order valence-electron chi connectivity index (χ1n) is 10.5. The number of nitrogens with zero attached hydrogens (tertiary/aromatic N) is 2. The smallest absolute Gasteiger partial charge is 0.325 e. The van der Waals surface area contributed by atoms with Crippen LogP contribution in [0.2, 0.25) is 0 Å². The highest BCUT2D eigenvalue weighted by atomic mass is 32.2. The van der Waals surface area contributed by atoms with Crippen molar-refractivity contribution in [1.29, 1.82) is 0 Å². The first-order valence-corrected chi connectivity index (χ1v) is 11.5. The first kappa shape index (κ1) is 23.9. The second kappa shape index (κ2) is 9.17. The highest BCUT2D eigenvalue weighted by Crippen LogP contribution is 2.35. The predicted octanol–water partition coefficient (Wildman–Crippen LogP) is 4.72. The Kier molecular flexibility index (Phi) is 6.44. The van der Waals surface area contributed by atoms with Gasteiger partial charge in [0.25, 0.3) is 0 Å². The number of imide groups is 1. The van der Waals surface area contributed by atoms with E-state index in [9.17, 15) is 27.6 Å². The highest BCUT2D eigenvalue weighted by Gasteiger charge is 2.47. The molecule has 2 unspecified atom stereocenters. The Morgan fingerprint density at radius 1 is 1.09 bits per heavy atom. The van der Waals surface area contributed by atoms with Crippen molar-refractivity contribution in [3.8, 4) is 0 Å². The van der Waals surface area contributed by atoms with Gasteiger partial charge < -0.3 is 10.2 Å². The van der Waals surface area contributed by atoms with Gasteiger partial charge in [-0.15, -0.1) is 11.8 Å². The molecular weight excluding hydrogens is 467 g/mol. The number of urea groups is 1. The zero-order chi connectivity index (χ0) is 24.6. The number of thioether (sulfide) groups is 1. The average molecular weight is 490 g/mol. The zero-order valence-electron chi connectivity index (χ0n) is 18.4. The van der Waals surface area contributed by atoms with Gasteiger partial charge in [-0.05, 0) is 54.1 Å². The molecule has 178 valence electrons. The number of anilines is 1. The van der Waals surface area contributed by atoms with Gasteiger partial charge in [-0.2, -0.15) is 13.2 Å². The van der Waals surface area contributed by atoms with E-state index in [-0.39, 0.29) is 18.1 Å². The summed E-state index contributed by atoms with van der Waals surface area (Å²) in [6, 6.07) is 8.73. The molecule has 4 amide bonds. The van der Waals surface area contributed by atoms with Gasteiger partial charge in [0.2, 0.25) is 11.8 Å². The van der Waals surface area contributed by atoms with E-state index in [0.717, 1.165) is 33.7 Å². The molecule has 1 fully saturated rings. The summed E-state index contributed by atoms with van der Waals surface area (Å²) in [4.78, 5) is 41.4. The Hall–Kier alpha value is -3.27. The second-order valence-electron chi connectivity index (χ2n) is 8.26. The minimum absolute atomic E-state index is 0.0276. The van der Waals surface area contributed by atoms with Crippen molar-refractivity contribution in [2.45, 2.75) is 37.9 Å². The molecule has 2 aromatic carbocycles. The molecule has 34 heavy (non-hydrogen) atoms. The van der Waals surface area contributed by atoms with Gasteiger partial charge in [-0.25, -0.2) is 4.79 Å². The molecule has 0 spiro atoms. The van der Waals surface area contributed by atoms with Crippen LogP contribution >= 0.6 is 11.8 Å². The fraction of sp³-hybridized carbons (Fsp3) is 0.292. The van der Waals surface area contributed by atoms with E-state index < -0.39 is 41.5 Å². The van der Waals surface area contributed by atoms with Crippen LogP contribution in [0.3, 0.4) is 0 Å². The van der Waals surface area contributed by atoms with Crippen LogP contribution in [-0.2, 0) is 22.3 Å². The van der Waals surface area contributed by atoms with Crippen LogP contribution in [0.4, 0.5) is 23.7 Å². The Labute approximate surface area is 198 Å². The van der Waals surface area contributed by atoms with Gasteiger partial charge >= 0.3 is 12.2 Å². The van der Waals surface area contributed by atoms with E-state index in [2.05, 4.69) is 5.32 Å². The number of nitrogens with one attached hydrogen (secondary N) is 1. The SMILES string of the molecule is Cc1ccc(CN2C(=O)C3SC=CC3N(CC(=O)Nc3cccc(C(F)(F)F)c3)C2=O)cc1C. The number of hydrogen-bond donors (Lipinski definition) is 1. The number of carbonyl (C=O) groups excluding carboxylic acids is 3. The van der Waals surface area contributed by atoms with E-state index in [1.54, 1.807) is 11.5 Å². The number of fused-ring (bicyclic) bond motifs is 1. The van der Waals surface area contributed by atoms with Crippen LogP contribution < -0.4 is 5.32 Å². The van der Waals surface area contributed by atoms with Crippen molar-refractivity contribution < 1.29 is 27.6 Å². The molecule has 0 aliphatic carbocycles. The minimum atomic E-state index is -4.54. The van der Waals surface area contributed by atoms with Gasteiger partial charge in [-0.1, -0.05) is 30.3 Å². The number of rotatable bonds is 5. The molecule has 2 aromatic rings. The number of alkyl halides is 3. The number of halogens is 3. The lowest BCUT2D eigenvalue weighted by Gasteiger charge is -2.41. The Bertz CT molecular complexity index is 1180. The molecule has 4 rings (SSSR count). The summed E-state index contributed by atoms with van der Waals surface area (Å²) in [7, 11) is 0. The number of carbonyl (C=O) groups is 3. The van der Waals surface area contributed by atoms with E-state index >= 15 is 0 Å². The largest absolute Gasteiger partial charge is 0.416 e. The van der Waals surface area contributed by atoms with Gasteiger partial charge in [0.1, 0.15) is 11.8 Å². The summed E-state index contributed by atoms with van der Waals surface area (Å²) in [5.41, 5.74) is 1.98. The standard InChI is InChI=1S/C24H22F3N3O3S/c1-14-6-7-16(10-15(14)2)12-30-22(32)21-19(8-9-34-21)29(23(30)33)13-20(31)28-18-5-3-4-17(11-18)24(25,26)27/h3-11,19,21H,12-13H2,1-2H3,(H,28,31). The summed E-state index contributed by atoms with van der Waals surface area (Å²) >= 11 is 1.27. The average Bonchev–Trinajstić information content (AvgIpc) is 3.26. The molecule has 0 bridgehead atoms. The monoisotopic (exact) mass is 489 g/mol. The topological polar surface area (TPSA) is 69.7 Å². The lowest BCUT2D eigenvalue weighted by Crippen LogP contribution is -2.62. The second-order valence-corrected chi connectivity index (χ2v) is 9.31. The normalized spacial score (nSPS) is 20.0. The van der Waals surface area contributed by atoms with Crippen molar-refractivity contribution in [3.63, 3.8) is 0 Å². The van der Waals surface area contributed by atoms with Crippen LogP contribution in [0.15, 0.2) is 53.9 Å². The molecule has 10 heteroatoms. The quantitative estimate of drug-likeness (QED) is 0.660. The maximum Gasteiger partial charge on any atom is 0.416 e. The van der Waals surface area contributed by atoms with Crippen LogP contribution in [0.5, 0.6) is 0 Å². The first-order chi connectivity index (χ1) is 16.0. The van der Waals surface area contributed by atoms with Crippen molar-refractivity contribution >= 4 is 35.3 Å². The van der Waals surface area contributed by atoms with E-state index in [4.69, 9.17) is 0 Å². The van der Waals surface area contributed by atoms with Crippen LogP contribution in [0.1, 0.15) is 22.3 Å². The molecule has 6 nitrogen and oxygen atoms in total. The summed E-state index contributed by atoms with van der Waals surface area (Å²) in [5, 5.41) is 3.57. The van der Waals surface area contributed by atoms with E-state index in [0.29, 0.717) is 0 Å². The fourth-order valence-electron chi connectivity index (χ4n) is 3.93. The molecule has 2 aliphatic rings. The fourth-order valence-corrected chi connectivity index (χ4v) is 4.99. The number of benzene rings is 2. The van der Waals surface area contributed by atoms with Gasteiger partial charge in [0.15, 0.2) is 0 Å². The Balaban J connectivity index is 1.52.